The number of nitrogens with zero attached hydrogens (tertiary/aromatic N) is 3. The van der Waals surface area contributed by atoms with Gasteiger partial charge in [0.2, 0.25) is 5.91 Å². The maximum absolute atomic E-state index is 11.4. The molecule has 0 aliphatic carbocycles. The Labute approximate surface area is 263 Å². The smallest absolute Gasteiger partial charge is 0.508 e. The van der Waals surface area contributed by atoms with Crippen LogP contribution in [0.5, 0.6) is 11.5 Å². The van der Waals surface area contributed by atoms with Crippen molar-refractivity contribution in [3.05, 3.63) is 53.3 Å². The number of ether oxygens (including phenoxy) is 1. The van der Waals surface area contributed by atoms with Gasteiger partial charge in [-0.3, -0.25) is 14.6 Å². The third-order valence-corrected chi connectivity index (χ3v) is 8.01. The summed E-state index contributed by atoms with van der Waals surface area (Å²) in [6, 6.07) is 10.1. The number of alkyl halides is 1. The Morgan fingerprint density at radius 2 is 1.88 bits per heavy atom. The number of aromatic nitrogens is 3. The number of fused-ring (bicyclic) bond motifs is 3. The number of anilines is 1. The highest BCUT2D eigenvalue weighted by Gasteiger charge is 2.21. The van der Waals surface area contributed by atoms with Crippen LogP contribution in [0.15, 0.2) is 36.4 Å². The number of imidazole rings is 1. The fourth-order valence-corrected chi connectivity index (χ4v) is 5.50. The number of amides is 1. The zero-order valence-corrected chi connectivity index (χ0v) is 27.0. The summed E-state index contributed by atoms with van der Waals surface area (Å²) in [4.78, 5) is 39.3. The standard InChI is InChI=1S/C29H37IN5O7P/c1-2-3-7-25-34-27-28(35(25)18-20-16-21(9-11-24(20)36)42-43(38,39)40)22-10-8-19(15-23(22)33-29(27)31)6-4-13-41-14-5-12-32-26(37)17-30/h8-11,15-16,36H,2-7,12-14,17-18H2,1H3,(H2,31,33)(H,32,37)(H2,38,39,40). The molecule has 4 aromatic rings. The number of phosphoric acid groups is 1. The van der Waals surface area contributed by atoms with E-state index in [1.54, 1.807) is 0 Å². The van der Waals surface area contributed by atoms with Crippen molar-refractivity contribution in [3.8, 4) is 11.5 Å². The van der Waals surface area contributed by atoms with Gasteiger partial charge < -0.3 is 30.0 Å². The number of hydrogen-bond acceptors (Lipinski definition) is 8. The fraction of sp³-hybridized carbons (Fsp3) is 0.414. The molecule has 0 saturated heterocycles. The monoisotopic (exact) mass is 725 g/mol. The van der Waals surface area contributed by atoms with E-state index in [1.165, 1.54) is 18.2 Å². The first kappa shape index (κ1) is 32.9. The molecule has 2 aromatic carbocycles. The second-order valence-electron chi connectivity index (χ2n) is 10.2. The van der Waals surface area contributed by atoms with Crippen molar-refractivity contribution < 1.29 is 33.5 Å². The van der Waals surface area contributed by atoms with E-state index in [0.29, 0.717) is 47.5 Å². The summed E-state index contributed by atoms with van der Waals surface area (Å²) in [7, 11) is -4.77. The third-order valence-electron chi connectivity index (χ3n) is 6.87. The van der Waals surface area contributed by atoms with Crippen LogP contribution in [-0.2, 0) is 33.5 Å². The molecule has 43 heavy (non-hydrogen) atoms. The Hall–Kier alpha value is -2.97. The number of nitrogens with one attached hydrogen (secondary N) is 1. The first-order valence-corrected chi connectivity index (χ1v) is 17.2. The van der Waals surface area contributed by atoms with Crippen LogP contribution >= 0.6 is 30.4 Å². The Kier molecular flexibility index (Phi) is 11.6. The van der Waals surface area contributed by atoms with E-state index < -0.39 is 7.82 Å². The number of phenolic OH excluding ortho intramolecular Hbond substituents is 1. The number of phosphoric ester groups is 1. The number of nitrogen functional groups attached to an aromatic ring is 1. The van der Waals surface area contributed by atoms with E-state index in [2.05, 4.69) is 17.2 Å². The van der Waals surface area contributed by atoms with Gasteiger partial charge >= 0.3 is 7.82 Å². The van der Waals surface area contributed by atoms with Crippen molar-refractivity contribution >= 4 is 64.1 Å². The zero-order valence-electron chi connectivity index (χ0n) is 24.0. The van der Waals surface area contributed by atoms with Crippen molar-refractivity contribution in [2.75, 3.05) is 29.9 Å². The molecule has 2 heterocycles. The average molecular weight is 726 g/mol. The first-order chi connectivity index (χ1) is 20.6. The van der Waals surface area contributed by atoms with E-state index >= 15 is 0 Å². The number of carbonyl (C=O) groups excluding carboxylic acids is 1. The van der Waals surface area contributed by atoms with Crippen molar-refractivity contribution in [2.24, 2.45) is 0 Å². The van der Waals surface area contributed by atoms with Gasteiger partial charge in [-0.15, -0.1) is 0 Å². The van der Waals surface area contributed by atoms with Gasteiger partial charge in [-0.25, -0.2) is 14.5 Å². The number of aryl methyl sites for hydroxylation is 2. The van der Waals surface area contributed by atoms with Gasteiger partial charge in [-0.1, -0.05) is 48.1 Å². The number of carbonyl (C=O) groups is 1. The molecule has 0 fully saturated rings. The van der Waals surface area contributed by atoms with Gasteiger partial charge in [0.1, 0.15) is 22.8 Å². The molecule has 12 nitrogen and oxygen atoms in total. The van der Waals surface area contributed by atoms with Crippen LogP contribution in [-0.4, -0.2) is 59.5 Å². The molecule has 0 atom stereocenters. The topological polar surface area (TPSA) is 182 Å². The Morgan fingerprint density at radius 1 is 1.09 bits per heavy atom. The summed E-state index contributed by atoms with van der Waals surface area (Å²) < 4.78 is 24.3. The molecule has 1 amide bonds. The molecule has 6 N–H and O–H groups in total. The van der Waals surface area contributed by atoms with Crippen LogP contribution in [0, 0.1) is 0 Å². The molecule has 2 aromatic heterocycles. The lowest BCUT2D eigenvalue weighted by atomic mass is 10.1. The Morgan fingerprint density at radius 3 is 2.63 bits per heavy atom. The highest BCUT2D eigenvalue weighted by atomic mass is 127. The molecule has 0 bridgehead atoms. The van der Waals surface area contributed by atoms with Crippen LogP contribution in [0.2, 0.25) is 0 Å². The summed E-state index contributed by atoms with van der Waals surface area (Å²) >= 11 is 2.03. The maximum Gasteiger partial charge on any atom is 0.524 e. The van der Waals surface area contributed by atoms with Crippen molar-refractivity contribution in [1.82, 2.24) is 19.9 Å². The van der Waals surface area contributed by atoms with Crippen LogP contribution < -0.4 is 15.6 Å². The zero-order chi connectivity index (χ0) is 31.0. The summed E-state index contributed by atoms with van der Waals surface area (Å²) in [6.45, 7) is 4.07. The van der Waals surface area contributed by atoms with E-state index in [0.717, 1.165) is 59.9 Å². The molecule has 0 unspecified atom stereocenters. The van der Waals surface area contributed by atoms with Crippen LogP contribution in [0.1, 0.15) is 49.6 Å². The van der Waals surface area contributed by atoms with Crippen LogP contribution in [0.25, 0.3) is 21.9 Å². The number of nitrogens with two attached hydrogens (primary N) is 1. The molecule has 0 aliphatic rings. The van der Waals surface area contributed by atoms with Gasteiger partial charge in [0.05, 0.1) is 22.0 Å². The van der Waals surface area contributed by atoms with Crippen molar-refractivity contribution in [1.29, 1.82) is 0 Å². The van der Waals surface area contributed by atoms with Crippen molar-refractivity contribution in [3.63, 3.8) is 0 Å². The van der Waals surface area contributed by atoms with E-state index in [1.807, 2.05) is 45.4 Å². The van der Waals surface area contributed by atoms with E-state index in [9.17, 15) is 24.3 Å². The normalized spacial score (nSPS) is 11.8. The van der Waals surface area contributed by atoms with Crippen LogP contribution in [0.4, 0.5) is 5.82 Å². The Bertz CT molecular complexity index is 1620. The number of aromatic hydroxyl groups is 1. The minimum Gasteiger partial charge on any atom is -0.508 e. The van der Waals surface area contributed by atoms with E-state index in [4.69, 9.17) is 20.0 Å². The predicted molar refractivity (Wildman–Crippen MR) is 174 cm³/mol. The average Bonchev–Trinajstić information content (AvgIpc) is 3.32. The predicted octanol–water partition coefficient (Wildman–Crippen LogP) is 4.63. The summed E-state index contributed by atoms with van der Waals surface area (Å²) in [5, 5.41) is 14.3. The number of phenols is 1. The lowest BCUT2D eigenvalue weighted by molar-refractivity contribution is -0.118. The highest BCUT2D eigenvalue weighted by molar-refractivity contribution is 14.1. The summed E-state index contributed by atoms with van der Waals surface area (Å²) in [5.74, 6) is 1.01. The number of hydrogen-bond donors (Lipinski definition) is 5. The number of unbranched alkanes of at least 4 members (excludes halogenated alkanes) is 1. The summed E-state index contributed by atoms with van der Waals surface area (Å²) in [5.41, 5.74) is 9.99. The molecule has 0 aliphatic heterocycles. The van der Waals surface area contributed by atoms with Gasteiger partial charge in [0.15, 0.2) is 5.82 Å². The quantitative estimate of drug-likeness (QED) is 0.0473. The SMILES string of the molecule is CCCCc1nc2c(N)nc3cc(CCCOCCCNC(=O)CI)ccc3c2n1Cc1cc(OP(=O)(O)O)ccc1O. The van der Waals surface area contributed by atoms with Gasteiger partial charge in [0.25, 0.3) is 0 Å². The molecule has 14 heteroatoms. The lowest BCUT2D eigenvalue weighted by Crippen LogP contribution is -2.25. The Balaban J connectivity index is 1.57. The second-order valence-corrected chi connectivity index (χ2v) is 12.1. The van der Waals surface area contributed by atoms with Crippen LogP contribution in [0.3, 0.4) is 0 Å². The number of halogens is 1. The van der Waals surface area contributed by atoms with Gasteiger partial charge in [-0.2, -0.15) is 0 Å². The molecule has 0 saturated carbocycles. The third kappa shape index (κ3) is 9.02. The molecule has 4 rings (SSSR count). The molecular formula is C29H37IN5O7P. The number of pyridine rings is 1. The fourth-order valence-electron chi connectivity index (χ4n) is 4.84. The molecule has 232 valence electrons. The number of benzene rings is 2. The van der Waals surface area contributed by atoms with Crippen molar-refractivity contribution in [2.45, 2.75) is 52.0 Å². The molecular weight excluding hydrogens is 688 g/mol. The maximum atomic E-state index is 11.4. The summed E-state index contributed by atoms with van der Waals surface area (Å²) in [6.07, 6.45) is 4.91. The first-order valence-electron chi connectivity index (χ1n) is 14.1. The molecule has 0 spiro atoms. The van der Waals surface area contributed by atoms with Gasteiger partial charge in [0, 0.05) is 37.1 Å². The molecule has 0 radical (unpaired) electrons. The minimum atomic E-state index is -4.77. The largest absolute Gasteiger partial charge is 0.524 e. The second kappa shape index (κ2) is 15.2. The lowest BCUT2D eigenvalue weighted by Gasteiger charge is -2.14. The van der Waals surface area contributed by atoms with Gasteiger partial charge in [-0.05, 0) is 55.5 Å². The van der Waals surface area contributed by atoms with E-state index in [-0.39, 0.29) is 24.0 Å². The number of rotatable bonds is 16. The highest BCUT2D eigenvalue weighted by Crippen LogP contribution is 2.39. The minimum absolute atomic E-state index is 0.0313.